The van der Waals surface area contributed by atoms with E-state index in [1.807, 2.05) is 30.3 Å². The van der Waals surface area contributed by atoms with Crippen LogP contribution < -0.4 is 5.32 Å². The molecule has 19 heavy (non-hydrogen) atoms. The Balaban J connectivity index is 1.79. The van der Waals surface area contributed by atoms with Crippen molar-refractivity contribution in [1.29, 1.82) is 5.26 Å². The van der Waals surface area contributed by atoms with Gasteiger partial charge in [-0.3, -0.25) is 10.1 Å². The van der Waals surface area contributed by atoms with Crippen LogP contribution in [-0.2, 0) is 16.0 Å². The van der Waals surface area contributed by atoms with Gasteiger partial charge in [0.15, 0.2) is 0 Å². The second-order valence-corrected chi connectivity index (χ2v) is 5.29. The zero-order valence-electron chi connectivity index (χ0n) is 10.6. The van der Waals surface area contributed by atoms with Gasteiger partial charge in [0, 0.05) is 0 Å². The van der Waals surface area contributed by atoms with Crippen LogP contribution in [0.2, 0.25) is 0 Å². The first-order valence-electron chi connectivity index (χ1n) is 6.67. The molecule has 3 rings (SSSR count). The Kier molecular flexibility index (Phi) is 3.00. The number of benzene rings is 1. The summed E-state index contributed by atoms with van der Waals surface area (Å²) in [5.41, 5.74) is 0.398. The summed E-state index contributed by atoms with van der Waals surface area (Å²) in [4.78, 5) is 12.0. The Morgan fingerprint density at radius 1 is 1.42 bits per heavy atom. The maximum Gasteiger partial charge on any atom is 0.323 e. The molecule has 98 valence electrons. The quantitative estimate of drug-likeness (QED) is 0.816. The molecule has 1 aliphatic heterocycles. The van der Waals surface area contributed by atoms with Crippen molar-refractivity contribution in [1.82, 2.24) is 5.32 Å². The molecule has 1 saturated heterocycles. The van der Waals surface area contributed by atoms with Gasteiger partial charge in [0.2, 0.25) is 0 Å². The lowest BCUT2D eigenvalue weighted by Crippen LogP contribution is -2.63. The molecule has 1 aliphatic carbocycles. The predicted octanol–water partition coefficient (Wildman–Crippen LogP) is 1.56. The molecule has 1 saturated carbocycles. The fourth-order valence-corrected chi connectivity index (χ4v) is 3.03. The molecule has 1 N–H and O–H groups in total. The molecule has 4 nitrogen and oxygen atoms in total. The minimum atomic E-state index is -0.673. The Morgan fingerprint density at radius 3 is 2.95 bits per heavy atom. The average Bonchev–Trinajstić information content (AvgIpc) is 2.84. The number of carbonyl (C=O) groups is 1. The molecular weight excluding hydrogens is 240 g/mol. The first kappa shape index (κ1) is 12.2. The molecule has 2 aliphatic rings. The summed E-state index contributed by atoms with van der Waals surface area (Å²) in [5, 5.41) is 12.7. The largest absolute Gasteiger partial charge is 0.458 e. The molecule has 1 aromatic rings. The van der Waals surface area contributed by atoms with E-state index in [-0.39, 0.29) is 12.1 Å². The molecule has 0 spiro atoms. The fourth-order valence-electron chi connectivity index (χ4n) is 3.03. The van der Waals surface area contributed by atoms with Crippen LogP contribution in [0.5, 0.6) is 0 Å². The standard InChI is InChI=1S/C15H16N2O2/c16-10-15-8-4-7-13(15)19-14(18)12(17-15)9-11-5-2-1-3-6-11/h1-3,5-6,12-13,17H,4,7-9H2/t12-,13-,15+/m0/s1. The molecule has 3 atom stereocenters. The Bertz CT molecular complexity index is 523. The summed E-state index contributed by atoms with van der Waals surface area (Å²) in [7, 11) is 0. The number of esters is 1. The second-order valence-electron chi connectivity index (χ2n) is 5.29. The minimum absolute atomic E-state index is 0.235. The number of nitrogens with one attached hydrogen (secondary N) is 1. The topological polar surface area (TPSA) is 62.1 Å². The second kappa shape index (κ2) is 4.67. The number of nitriles is 1. The number of carbonyl (C=O) groups excluding carboxylic acids is 1. The van der Waals surface area contributed by atoms with Gasteiger partial charge in [-0.2, -0.15) is 5.26 Å². The lowest BCUT2D eigenvalue weighted by Gasteiger charge is -2.38. The summed E-state index contributed by atoms with van der Waals surface area (Å²) >= 11 is 0. The number of rotatable bonds is 2. The van der Waals surface area contributed by atoms with E-state index in [9.17, 15) is 10.1 Å². The number of fused-ring (bicyclic) bond motifs is 1. The van der Waals surface area contributed by atoms with Gasteiger partial charge < -0.3 is 4.74 Å². The maximum atomic E-state index is 12.0. The summed E-state index contributed by atoms with van der Waals surface area (Å²) in [6, 6.07) is 11.7. The molecule has 0 amide bonds. The van der Waals surface area contributed by atoms with Crippen molar-refractivity contribution in [2.75, 3.05) is 0 Å². The van der Waals surface area contributed by atoms with Crippen LogP contribution in [0.1, 0.15) is 24.8 Å². The van der Waals surface area contributed by atoms with Gasteiger partial charge in [-0.15, -0.1) is 0 Å². The van der Waals surface area contributed by atoms with Crippen LogP contribution in [0, 0.1) is 11.3 Å². The van der Waals surface area contributed by atoms with Crippen molar-refractivity contribution in [2.24, 2.45) is 0 Å². The number of hydrogen-bond acceptors (Lipinski definition) is 4. The summed E-state index contributed by atoms with van der Waals surface area (Å²) in [6.45, 7) is 0. The van der Waals surface area contributed by atoms with Crippen molar-refractivity contribution >= 4 is 5.97 Å². The average molecular weight is 256 g/mol. The van der Waals surface area contributed by atoms with E-state index in [0.717, 1.165) is 24.8 Å². The van der Waals surface area contributed by atoms with E-state index in [1.54, 1.807) is 0 Å². The van der Waals surface area contributed by atoms with Crippen LogP contribution in [0.25, 0.3) is 0 Å². The number of hydrogen-bond donors (Lipinski definition) is 1. The van der Waals surface area contributed by atoms with Crippen molar-refractivity contribution < 1.29 is 9.53 Å². The van der Waals surface area contributed by atoms with Crippen LogP contribution in [0.3, 0.4) is 0 Å². The highest BCUT2D eigenvalue weighted by Gasteiger charge is 2.52. The normalized spacial score (nSPS) is 33.3. The van der Waals surface area contributed by atoms with Gasteiger partial charge in [0.05, 0.1) is 6.07 Å². The highest BCUT2D eigenvalue weighted by molar-refractivity contribution is 5.78. The van der Waals surface area contributed by atoms with Gasteiger partial charge in [0.25, 0.3) is 0 Å². The van der Waals surface area contributed by atoms with Crippen molar-refractivity contribution in [3.63, 3.8) is 0 Å². The number of ether oxygens (including phenoxy) is 1. The minimum Gasteiger partial charge on any atom is -0.458 e. The SMILES string of the molecule is N#C[C@]12CCC[C@@H]1OC(=O)[C@H](Cc1ccccc1)N2. The van der Waals surface area contributed by atoms with E-state index >= 15 is 0 Å². The van der Waals surface area contributed by atoms with Gasteiger partial charge in [-0.25, -0.2) is 0 Å². The highest BCUT2D eigenvalue weighted by atomic mass is 16.6. The Hall–Kier alpha value is -1.86. The molecule has 1 aromatic carbocycles. The number of morpholine rings is 1. The summed E-state index contributed by atoms with van der Waals surface area (Å²) in [5.74, 6) is -0.235. The molecule has 0 aromatic heterocycles. The van der Waals surface area contributed by atoms with Crippen LogP contribution in [-0.4, -0.2) is 23.7 Å². The third kappa shape index (κ3) is 2.11. The molecule has 4 heteroatoms. The fraction of sp³-hybridized carbons (Fsp3) is 0.467. The van der Waals surface area contributed by atoms with Gasteiger partial charge >= 0.3 is 5.97 Å². The zero-order chi connectivity index (χ0) is 13.3. The zero-order valence-corrected chi connectivity index (χ0v) is 10.6. The highest BCUT2D eigenvalue weighted by Crippen LogP contribution is 2.35. The van der Waals surface area contributed by atoms with Gasteiger partial charge in [-0.05, 0) is 31.2 Å². The first-order valence-corrected chi connectivity index (χ1v) is 6.67. The lowest BCUT2D eigenvalue weighted by atomic mass is 9.91. The van der Waals surface area contributed by atoms with Crippen molar-refractivity contribution in [3.05, 3.63) is 35.9 Å². The maximum absolute atomic E-state index is 12.0. The molecular formula is C15H16N2O2. The van der Waals surface area contributed by atoms with Gasteiger partial charge in [-0.1, -0.05) is 30.3 Å². The third-order valence-corrected chi connectivity index (χ3v) is 4.04. The van der Waals surface area contributed by atoms with Crippen LogP contribution in [0.4, 0.5) is 0 Å². The Morgan fingerprint density at radius 2 is 2.21 bits per heavy atom. The van der Waals surface area contributed by atoms with Gasteiger partial charge in [0.1, 0.15) is 17.7 Å². The smallest absolute Gasteiger partial charge is 0.323 e. The summed E-state index contributed by atoms with van der Waals surface area (Å²) in [6.07, 6.45) is 2.75. The monoisotopic (exact) mass is 256 g/mol. The van der Waals surface area contributed by atoms with E-state index in [0.29, 0.717) is 6.42 Å². The molecule has 2 fully saturated rings. The molecule has 0 bridgehead atoms. The third-order valence-electron chi connectivity index (χ3n) is 4.04. The molecule has 1 heterocycles. The first-order chi connectivity index (χ1) is 9.23. The van der Waals surface area contributed by atoms with Crippen LogP contribution in [0.15, 0.2) is 30.3 Å². The summed E-state index contributed by atoms with van der Waals surface area (Å²) < 4.78 is 5.47. The van der Waals surface area contributed by atoms with E-state index < -0.39 is 11.6 Å². The predicted molar refractivity (Wildman–Crippen MR) is 69.1 cm³/mol. The van der Waals surface area contributed by atoms with E-state index in [1.165, 1.54) is 0 Å². The van der Waals surface area contributed by atoms with Crippen molar-refractivity contribution in [3.8, 4) is 6.07 Å². The van der Waals surface area contributed by atoms with Crippen LogP contribution >= 0.6 is 0 Å². The van der Waals surface area contributed by atoms with E-state index in [4.69, 9.17) is 4.74 Å². The lowest BCUT2D eigenvalue weighted by molar-refractivity contribution is -0.161. The van der Waals surface area contributed by atoms with Crippen molar-refractivity contribution in [2.45, 2.75) is 43.4 Å². The number of nitrogens with zero attached hydrogens (tertiary/aromatic N) is 1. The molecule has 0 radical (unpaired) electrons. The van der Waals surface area contributed by atoms with E-state index in [2.05, 4.69) is 11.4 Å². The Labute approximate surface area is 112 Å². The molecule has 0 unspecified atom stereocenters.